The summed E-state index contributed by atoms with van der Waals surface area (Å²) in [5.74, 6) is 0.155. The standard InChI is InChI=1S/C21H13NO2/c23-20-16-11-10-15-14-8-4-5-9-17(14)22-19(15)21(16)24-18(20)12-13-6-2-1-3-7-13/h1-12,23H/b18-12-. The summed E-state index contributed by atoms with van der Waals surface area (Å²) in [6.07, 6.45) is 1.84. The summed E-state index contributed by atoms with van der Waals surface area (Å²) in [7, 11) is 0. The molecule has 1 aromatic heterocycles. The quantitative estimate of drug-likeness (QED) is 0.515. The third-order valence-corrected chi connectivity index (χ3v) is 4.36. The van der Waals surface area contributed by atoms with E-state index in [0.29, 0.717) is 16.4 Å². The lowest BCUT2D eigenvalue weighted by atomic mass is 10.1. The Morgan fingerprint density at radius 2 is 1.62 bits per heavy atom. The lowest BCUT2D eigenvalue weighted by Gasteiger charge is -1.93. The lowest BCUT2D eigenvalue weighted by molar-refractivity contribution is 0.450. The molecular weight excluding hydrogens is 298 g/mol. The number of nitrogens with zero attached hydrogens (tertiary/aromatic N) is 1. The first-order valence-electron chi connectivity index (χ1n) is 7.81. The van der Waals surface area contributed by atoms with E-state index in [9.17, 15) is 5.11 Å². The van der Waals surface area contributed by atoms with E-state index in [2.05, 4.69) is 11.1 Å². The second-order valence-corrected chi connectivity index (χ2v) is 5.84. The second-order valence-electron chi connectivity index (χ2n) is 5.84. The molecule has 0 fully saturated rings. The Morgan fingerprint density at radius 1 is 0.833 bits per heavy atom. The molecule has 0 saturated heterocycles. The van der Waals surface area contributed by atoms with Gasteiger partial charge in [-0.05, 0) is 23.8 Å². The van der Waals surface area contributed by atoms with E-state index in [1.54, 1.807) is 0 Å². The molecule has 0 amide bonds. The van der Waals surface area contributed by atoms with Crippen molar-refractivity contribution in [1.82, 2.24) is 0 Å². The minimum absolute atomic E-state index is 0.155. The molecule has 24 heavy (non-hydrogen) atoms. The van der Waals surface area contributed by atoms with Gasteiger partial charge >= 0.3 is 0 Å². The monoisotopic (exact) mass is 311 g/mol. The van der Waals surface area contributed by atoms with Gasteiger partial charge in [0.15, 0.2) is 16.7 Å². The fourth-order valence-electron chi connectivity index (χ4n) is 3.20. The molecule has 2 heterocycles. The predicted molar refractivity (Wildman–Crippen MR) is 92.4 cm³/mol. The van der Waals surface area contributed by atoms with Crippen LogP contribution >= 0.6 is 0 Å². The van der Waals surface area contributed by atoms with Crippen molar-refractivity contribution in [2.75, 3.05) is 0 Å². The second kappa shape index (κ2) is 4.83. The summed E-state index contributed by atoms with van der Waals surface area (Å²) in [4.78, 5) is 4.69. The molecule has 1 N–H and O–H groups in total. The Morgan fingerprint density at radius 3 is 2.50 bits per heavy atom. The molecule has 4 aromatic rings. The number of furan rings is 1. The van der Waals surface area contributed by atoms with Crippen LogP contribution in [0.1, 0.15) is 5.56 Å². The van der Waals surface area contributed by atoms with Gasteiger partial charge in [0.1, 0.15) is 5.69 Å². The van der Waals surface area contributed by atoms with Crippen LogP contribution in [0.15, 0.2) is 76.1 Å². The first-order valence-corrected chi connectivity index (χ1v) is 7.81. The van der Waals surface area contributed by atoms with Crippen LogP contribution < -0.4 is 10.8 Å². The molecule has 0 saturated carbocycles. The maximum absolute atomic E-state index is 10.5. The van der Waals surface area contributed by atoms with E-state index in [1.807, 2.05) is 66.7 Å². The van der Waals surface area contributed by atoms with Crippen LogP contribution in [-0.2, 0) is 0 Å². The maximum atomic E-state index is 10.5. The summed E-state index contributed by atoms with van der Waals surface area (Å²) in [5, 5.41) is 14.3. The van der Waals surface area contributed by atoms with E-state index in [0.717, 1.165) is 27.0 Å². The molecule has 5 rings (SSSR count). The Labute approximate surface area is 137 Å². The van der Waals surface area contributed by atoms with Gasteiger partial charge in [0.25, 0.3) is 0 Å². The third kappa shape index (κ3) is 1.82. The number of fused-ring (bicyclic) bond motifs is 4. The van der Waals surface area contributed by atoms with Gasteiger partial charge in [-0.2, -0.15) is 0 Å². The highest BCUT2D eigenvalue weighted by Crippen LogP contribution is 2.33. The van der Waals surface area contributed by atoms with Crippen molar-refractivity contribution in [3.05, 3.63) is 93.5 Å². The topological polar surface area (TPSA) is 45.7 Å². The minimum atomic E-state index is 0.155. The molecule has 0 bridgehead atoms. The summed E-state index contributed by atoms with van der Waals surface area (Å²) in [6, 6.07) is 21.7. The number of rotatable bonds is 1. The van der Waals surface area contributed by atoms with E-state index in [4.69, 9.17) is 4.42 Å². The highest BCUT2D eigenvalue weighted by atomic mass is 16.4. The number of hydrogen-bond donors (Lipinski definition) is 1. The highest BCUT2D eigenvalue weighted by molar-refractivity contribution is 5.93. The van der Waals surface area contributed by atoms with Crippen LogP contribution in [0, 0.1) is 10.4 Å². The van der Waals surface area contributed by atoms with Crippen LogP contribution in [0.2, 0.25) is 0 Å². The van der Waals surface area contributed by atoms with Crippen molar-refractivity contribution in [1.29, 1.82) is 0 Å². The van der Waals surface area contributed by atoms with Gasteiger partial charge in [0.05, 0.1) is 10.7 Å². The lowest BCUT2D eigenvalue weighted by Crippen LogP contribution is -1.97. The van der Waals surface area contributed by atoms with Gasteiger partial charge in [-0.1, -0.05) is 54.6 Å². The molecular formula is C21H13NO2. The van der Waals surface area contributed by atoms with Crippen molar-refractivity contribution in [3.63, 3.8) is 0 Å². The molecule has 1 aliphatic rings. The predicted octanol–water partition coefficient (Wildman–Crippen LogP) is 3.52. The SMILES string of the molecule is Oc1/c(=C/c2ccccc2)oc2c3c(ccc12)=c1ccccc1=N3. The smallest absolute Gasteiger partial charge is 0.170 e. The van der Waals surface area contributed by atoms with Gasteiger partial charge in [-0.25, -0.2) is 4.99 Å². The zero-order valence-corrected chi connectivity index (χ0v) is 12.7. The summed E-state index contributed by atoms with van der Waals surface area (Å²) in [5.41, 5.74) is 2.85. The fourth-order valence-corrected chi connectivity index (χ4v) is 3.20. The number of para-hydroxylation sites is 1. The molecule has 0 spiro atoms. The highest BCUT2D eigenvalue weighted by Gasteiger charge is 2.15. The average Bonchev–Trinajstić information content (AvgIpc) is 3.15. The molecule has 3 aromatic carbocycles. The fraction of sp³-hybridized carbons (Fsp3) is 0. The van der Waals surface area contributed by atoms with Crippen LogP contribution in [0.25, 0.3) is 17.0 Å². The zero-order valence-electron chi connectivity index (χ0n) is 12.7. The molecule has 3 nitrogen and oxygen atoms in total. The Bertz CT molecular complexity index is 1300. The summed E-state index contributed by atoms with van der Waals surface area (Å²) < 4.78 is 5.98. The molecule has 1 aliphatic heterocycles. The molecule has 0 unspecified atom stereocenters. The van der Waals surface area contributed by atoms with E-state index >= 15 is 0 Å². The van der Waals surface area contributed by atoms with Crippen LogP contribution in [0.4, 0.5) is 5.69 Å². The number of benzene rings is 3. The van der Waals surface area contributed by atoms with E-state index in [-0.39, 0.29) is 5.75 Å². The van der Waals surface area contributed by atoms with Crippen molar-refractivity contribution in [2.24, 2.45) is 4.99 Å². The Balaban J connectivity index is 1.87. The maximum Gasteiger partial charge on any atom is 0.170 e. The first kappa shape index (κ1) is 13.1. The molecule has 0 aliphatic carbocycles. The number of aromatic hydroxyl groups is 1. The van der Waals surface area contributed by atoms with Gasteiger partial charge in [0.2, 0.25) is 0 Å². The van der Waals surface area contributed by atoms with Crippen LogP contribution in [0.5, 0.6) is 5.75 Å². The molecule has 0 atom stereocenters. The van der Waals surface area contributed by atoms with Crippen LogP contribution in [-0.4, -0.2) is 5.11 Å². The van der Waals surface area contributed by atoms with Gasteiger partial charge in [0, 0.05) is 10.4 Å². The van der Waals surface area contributed by atoms with E-state index < -0.39 is 0 Å². The van der Waals surface area contributed by atoms with Crippen LogP contribution in [0.3, 0.4) is 0 Å². The molecule has 3 heteroatoms. The van der Waals surface area contributed by atoms with Crippen molar-refractivity contribution in [2.45, 2.75) is 0 Å². The minimum Gasteiger partial charge on any atom is -0.504 e. The largest absolute Gasteiger partial charge is 0.504 e. The van der Waals surface area contributed by atoms with Crippen molar-refractivity contribution < 1.29 is 9.52 Å². The Hall–Kier alpha value is -3.33. The molecule has 0 radical (unpaired) electrons. The van der Waals surface area contributed by atoms with Gasteiger partial charge in [-0.3, -0.25) is 0 Å². The zero-order chi connectivity index (χ0) is 16.1. The average molecular weight is 311 g/mol. The Kier molecular flexibility index (Phi) is 2.65. The van der Waals surface area contributed by atoms with Gasteiger partial charge in [-0.15, -0.1) is 0 Å². The van der Waals surface area contributed by atoms with Crippen molar-refractivity contribution >= 4 is 22.7 Å². The summed E-state index contributed by atoms with van der Waals surface area (Å²) in [6.45, 7) is 0. The van der Waals surface area contributed by atoms with E-state index in [1.165, 1.54) is 0 Å². The number of hydrogen-bond acceptors (Lipinski definition) is 3. The van der Waals surface area contributed by atoms with Gasteiger partial charge < -0.3 is 9.52 Å². The normalized spacial score (nSPS) is 12.9. The first-order chi connectivity index (χ1) is 11.8. The third-order valence-electron chi connectivity index (χ3n) is 4.36. The van der Waals surface area contributed by atoms with Crippen molar-refractivity contribution in [3.8, 4) is 5.75 Å². The summed E-state index contributed by atoms with van der Waals surface area (Å²) >= 11 is 0. The molecule has 114 valence electrons.